The Morgan fingerprint density at radius 3 is 2.40 bits per heavy atom. The number of ether oxygens (including phenoxy) is 1. The summed E-state index contributed by atoms with van der Waals surface area (Å²) >= 11 is 0. The Bertz CT molecular complexity index is 399. The van der Waals surface area contributed by atoms with E-state index >= 15 is 0 Å². The van der Waals surface area contributed by atoms with E-state index in [0.717, 1.165) is 25.9 Å². The number of rotatable bonds is 5. The van der Waals surface area contributed by atoms with E-state index in [1.165, 1.54) is 12.1 Å². The molecule has 0 bridgehead atoms. The summed E-state index contributed by atoms with van der Waals surface area (Å²) in [6.07, 6.45) is 2.26. The Morgan fingerprint density at radius 2 is 1.85 bits per heavy atom. The second-order valence-electron chi connectivity index (χ2n) is 5.90. The van der Waals surface area contributed by atoms with Crippen LogP contribution in [0.3, 0.4) is 0 Å². The smallest absolute Gasteiger partial charge is 0.123 e. The molecule has 1 heterocycles. The van der Waals surface area contributed by atoms with Gasteiger partial charge in [0.25, 0.3) is 0 Å². The molecule has 1 aliphatic heterocycles. The molecule has 112 valence electrons. The molecule has 2 rings (SSSR count). The topological polar surface area (TPSA) is 38.5 Å². The standard InChI is InChI=1S/C16H25FN2O/c1-12(2)19-9-7-13(8-10-19)16(18)11-20-15-5-3-14(17)4-6-15/h3-6,12-13,16H,7-11,18H2,1-2H3. The average Bonchev–Trinajstić information content (AvgIpc) is 2.46. The van der Waals surface area contributed by atoms with Crippen LogP contribution in [0.25, 0.3) is 0 Å². The van der Waals surface area contributed by atoms with Gasteiger partial charge in [0, 0.05) is 12.1 Å². The molecule has 1 aliphatic rings. The minimum absolute atomic E-state index is 0.0503. The van der Waals surface area contributed by atoms with Crippen molar-refractivity contribution in [1.29, 1.82) is 0 Å². The maximum absolute atomic E-state index is 12.8. The zero-order valence-corrected chi connectivity index (χ0v) is 12.4. The van der Waals surface area contributed by atoms with Gasteiger partial charge in [0.1, 0.15) is 18.2 Å². The van der Waals surface area contributed by atoms with Crippen LogP contribution in [-0.4, -0.2) is 36.7 Å². The number of piperidine rings is 1. The Morgan fingerprint density at radius 1 is 1.25 bits per heavy atom. The van der Waals surface area contributed by atoms with Crippen LogP contribution < -0.4 is 10.5 Å². The number of likely N-dealkylation sites (tertiary alicyclic amines) is 1. The fraction of sp³-hybridized carbons (Fsp3) is 0.625. The Kier molecular flexibility index (Phi) is 5.38. The number of nitrogens with zero attached hydrogens (tertiary/aromatic N) is 1. The predicted octanol–water partition coefficient (Wildman–Crippen LogP) is 2.65. The lowest BCUT2D eigenvalue weighted by Gasteiger charge is -2.36. The summed E-state index contributed by atoms with van der Waals surface area (Å²) in [5.41, 5.74) is 6.23. The normalized spacial score (nSPS) is 19.2. The third-order valence-electron chi connectivity index (χ3n) is 4.17. The number of hydrogen-bond donors (Lipinski definition) is 1. The lowest BCUT2D eigenvalue weighted by atomic mass is 9.90. The largest absolute Gasteiger partial charge is 0.492 e. The minimum Gasteiger partial charge on any atom is -0.492 e. The Labute approximate surface area is 120 Å². The molecule has 1 aromatic carbocycles. The first-order chi connectivity index (χ1) is 9.56. The summed E-state index contributed by atoms with van der Waals surface area (Å²) in [6.45, 7) is 7.20. The lowest BCUT2D eigenvalue weighted by molar-refractivity contribution is 0.123. The zero-order chi connectivity index (χ0) is 14.5. The highest BCUT2D eigenvalue weighted by molar-refractivity contribution is 5.22. The molecule has 1 saturated heterocycles. The van der Waals surface area contributed by atoms with Gasteiger partial charge >= 0.3 is 0 Å². The number of benzene rings is 1. The first-order valence-corrected chi connectivity index (χ1v) is 7.44. The molecule has 1 atom stereocenters. The van der Waals surface area contributed by atoms with Crippen molar-refractivity contribution in [2.24, 2.45) is 11.7 Å². The van der Waals surface area contributed by atoms with Crippen LogP contribution in [-0.2, 0) is 0 Å². The molecule has 20 heavy (non-hydrogen) atoms. The van der Waals surface area contributed by atoms with Crippen LogP contribution >= 0.6 is 0 Å². The second kappa shape index (κ2) is 7.04. The summed E-state index contributed by atoms with van der Waals surface area (Å²) in [6, 6.07) is 6.76. The van der Waals surface area contributed by atoms with Crippen molar-refractivity contribution in [3.05, 3.63) is 30.1 Å². The first kappa shape index (κ1) is 15.3. The van der Waals surface area contributed by atoms with Crippen molar-refractivity contribution in [2.45, 2.75) is 38.8 Å². The zero-order valence-electron chi connectivity index (χ0n) is 12.4. The van der Waals surface area contributed by atoms with Gasteiger partial charge in [-0.05, 0) is 70.0 Å². The molecule has 0 aliphatic carbocycles. The molecule has 1 fully saturated rings. The fourth-order valence-electron chi connectivity index (χ4n) is 2.72. The van der Waals surface area contributed by atoms with Gasteiger partial charge in [-0.1, -0.05) is 0 Å². The SMILES string of the molecule is CC(C)N1CCC(C(N)COc2ccc(F)cc2)CC1. The molecule has 0 amide bonds. The average molecular weight is 280 g/mol. The van der Waals surface area contributed by atoms with Crippen LogP contribution in [0.1, 0.15) is 26.7 Å². The quantitative estimate of drug-likeness (QED) is 0.901. The van der Waals surface area contributed by atoms with Crippen LogP contribution in [0, 0.1) is 11.7 Å². The molecule has 0 spiro atoms. The van der Waals surface area contributed by atoms with Crippen molar-refractivity contribution < 1.29 is 9.13 Å². The van der Waals surface area contributed by atoms with Crippen LogP contribution in [0.2, 0.25) is 0 Å². The lowest BCUT2D eigenvalue weighted by Crippen LogP contribution is -2.45. The summed E-state index contributed by atoms with van der Waals surface area (Å²) in [5, 5.41) is 0. The number of halogens is 1. The van der Waals surface area contributed by atoms with E-state index in [9.17, 15) is 4.39 Å². The molecule has 4 heteroatoms. The van der Waals surface area contributed by atoms with Crippen molar-refractivity contribution in [3.63, 3.8) is 0 Å². The summed E-state index contributed by atoms with van der Waals surface area (Å²) in [5.74, 6) is 0.953. The van der Waals surface area contributed by atoms with Gasteiger partial charge in [-0.15, -0.1) is 0 Å². The molecule has 1 aromatic rings. The second-order valence-corrected chi connectivity index (χ2v) is 5.90. The summed E-state index contributed by atoms with van der Waals surface area (Å²) in [4.78, 5) is 2.49. The maximum atomic E-state index is 12.8. The monoisotopic (exact) mass is 280 g/mol. The third-order valence-corrected chi connectivity index (χ3v) is 4.17. The molecular weight excluding hydrogens is 255 g/mol. The van der Waals surface area contributed by atoms with Gasteiger partial charge in [0.2, 0.25) is 0 Å². The predicted molar refractivity (Wildman–Crippen MR) is 79.3 cm³/mol. The molecule has 0 saturated carbocycles. The highest BCUT2D eigenvalue weighted by Gasteiger charge is 2.25. The van der Waals surface area contributed by atoms with Crippen LogP contribution in [0.4, 0.5) is 4.39 Å². The molecule has 1 unspecified atom stereocenters. The Hall–Kier alpha value is -1.13. The van der Waals surface area contributed by atoms with Crippen molar-refractivity contribution in [1.82, 2.24) is 4.90 Å². The van der Waals surface area contributed by atoms with Crippen molar-refractivity contribution in [2.75, 3.05) is 19.7 Å². The molecular formula is C16H25FN2O. The van der Waals surface area contributed by atoms with Crippen molar-refractivity contribution >= 4 is 0 Å². The van der Waals surface area contributed by atoms with Crippen LogP contribution in [0.5, 0.6) is 5.75 Å². The first-order valence-electron chi connectivity index (χ1n) is 7.44. The summed E-state index contributed by atoms with van der Waals surface area (Å²) < 4.78 is 18.4. The fourth-order valence-corrected chi connectivity index (χ4v) is 2.72. The third kappa shape index (κ3) is 4.18. The van der Waals surface area contributed by atoms with E-state index < -0.39 is 0 Å². The molecule has 0 aromatic heterocycles. The minimum atomic E-state index is -0.247. The van der Waals surface area contributed by atoms with Gasteiger partial charge in [-0.3, -0.25) is 0 Å². The number of nitrogens with two attached hydrogens (primary N) is 1. The van der Waals surface area contributed by atoms with E-state index in [1.807, 2.05) is 0 Å². The van der Waals surface area contributed by atoms with Gasteiger partial charge in [-0.25, -0.2) is 4.39 Å². The summed E-state index contributed by atoms with van der Waals surface area (Å²) in [7, 11) is 0. The van der Waals surface area contributed by atoms with E-state index in [-0.39, 0.29) is 11.9 Å². The highest BCUT2D eigenvalue weighted by atomic mass is 19.1. The highest BCUT2D eigenvalue weighted by Crippen LogP contribution is 2.22. The van der Waals surface area contributed by atoms with Gasteiger partial charge in [-0.2, -0.15) is 0 Å². The van der Waals surface area contributed by atoms with Crippen LogP contribution in [0.15, 0.2) is 24.3 Å². The van der Waals surface area contributed by atoms with E-state index in [1.54, 1.807) is 12.1 Å². The van der Waals surface area contributed by atoms with E-state index in [2.05, 4.69) is 18.7 Å². The van der Waals surface area contributed by atoms with Gasteiger partial charge < -0.3 is 15.4 Å². The molecule has 2 N–H and O–H groups in total. The number of hydrogen-bond acceptors (Lipinski definition) is 3. The molecule has 3 nitrogen and oxygen atoms in total. The maximum Gasteiger partial charge on any atom is 0.123 e. The van der Waals surface area contributed by atoms with E-state index in [4.69, 9.17) is 10.5 Å². The Balaban J connectivity index is 1.75. The van der Waals surface area contributed by atoms with E-state index in [0.29, 0.717) is 24.3 Å². The van der Waals surface area contributed by atoms with Gasteiger partial charge in [0.05, 0.1) is 0 Å². The van der Waals surface area contributed by atoms with Gasteiger partial charge in [0.15, 0.2) is 0 Å². The molecule has 0 radical (unpaired) electrons. The van der Waals surface area contributed by atoms with Crippen molar-refractivity contribution in [3.8, 4) is 5.75 Å².